The Morgan fingerprint density at radius 3 is 2.58 bits per heavy atom. The number of aromatic nitrogens is 2. The Labute approximate surface area is 110 Å². The maximum absolute atomic E-state index is 12.9. The van der Waals surface area contributed by atoms with Crippen molar-refractivity contribution in [3.05, 3.63) is 47.7 Å². The van der Waals surface area contributed by atoms with Gasteiger partial charge in [0, 0.05) is 11.3 Å². The van der Waals surface area contributed by atoms with Crippen molar-refractivity contribution >= 4 is 5.97 Å². The molecule has 0 aliphatic carbocycles. The van der Waals surface area contributed by atoms with Gasteiger partial charge in [0.25, 0.3) is 0 Å². The van der Waals surface area contributed by atoms with Gasteiger partial charge >= 0.3 is 5.97 Å². The topological polar surface area (TPSA) is 52.1 Å². The first-order valence-electron chi connectivity index (χ1n) is 5.76. The molecule has 4 nitrogen and oxygen atoms in total. The van der Waals surface area contributed by atoms with Crippen LogP contribution in [0.15, 0.2) is 30.3 Å². The third-order valence-electron chi connectivity index (χ3n) is 2.57. The normalized spacial score (nSPS) is 10.3. The van der Waals surface area contributed by atoms with E-state index in [-0.39, 0.29) is 12.2 Å². The quantitative estimate of drug-likeness (QED) is 0.795. The number of ether oxygens (including phenoxy) is 1. The van der Waals surface area contributed by atoms with Crippen LogP contribution in [0.1, 0.15) is 11.5 Å². The van der Waals surface area contributed by atoms with E-state index in [4.69, 9.17) is 0 Å². The van der Waals surface area contributed by atoms with E-state index in [0.29, 0.717) is 11.5 Å². The Bertz CT molecular complexity index is 597. The molecular weight excluding hydrogens is 247 g/mol. The van der Waals surface area contributed by atoms with E-state index in [0.717, 1.165) is 11.3 Å². The van der Waals surface area contributed by atoms with Gasteiger partial charge in [-0.2, -0.15) is 0 Å². The van der Waals surface area contributed by atoms with Gasteiger partial charge in [0.05, 0.1) is 12.8 Å². The van der Waals surface area contributed by atoms with E-state index in [2.05, 4.69) is 14.7 Å². The Hall–Kier alpha value is -2.30. The fourth-order valence-corrected chi connectivity index (χ4v) is 1.68. The number of halogens is 1. The lowest BCUT2D eigenvalue weighted by Gasteiger charge is -2.05. The van der Waals surface area contributed by atoms with Crippen LogP contribution in [-0.4, -0.2) is 23.0 Å². The van der Waals surface area contributed by atoms with E-state index in [9.17, 15) is 9.18 Å². The van der Waals surface area contributed by atoms with Crippen molar-refractivity contribution in [1.82, 2.24) is 9.97 Å². The number of benzene rings is 1. The molecule has 1 aromatic heterocycles. The lowest BCUT2D eigenvalue weighted by molar-refractivity contribution is -0.139. The molecule has 0 saturated carbocycles. The van der Waals surface area contributed by atoms with Gasteiger partial charge in [-0.25, -0.2) is 14.4 Å². The van der Waals surface area contributed by atoms with Crippen molar-refractivity contribution in [2.75, 3.05) is 7.11 Å². The third-order valence-corrected chi connectivity index (χ3v) is 2.57. The molecule has 0 radical (unpaired) electrons. The van der Waals surface area contributed by atoms with Crippen molar-refractivity contribution in [3.8, 4) is 11.3 Å². The summed E-state index contributed by atoms with van der Waals surface area (Å²) >= 11 is 0. The average molecular weight is 260 g/mol. The van der Waals surface area contributed by atoms with Gasteiger partial charge in [-0.3, -0.25) is 4.79 Å². The van der Waals surface area contributed by atoms with Gasteiger partial charge in [0.15, 0.2) is 0 Å². The fourth-order valence-electron chi connectivity index (χ4n) is 1.68. The average Bonchev–Trinajstić information content (AvgIpc) is 2.38. The first kappa shape index (κ1) is 13.1. The summed E-state index contributed by atoms with van der Waals surface area (Å²) in [4.78, 5) is 19.7. The molecule has 0 amide bonds. The molecular formula is C14H13FN2O2. The Balaban J connectivity index is 2.35. The summed E-state index contributed by atoms with van der Waals surface area (Å²) < 4.78 is 17.5. The second kappa shape index (κ2) is 5.56. The summed E-state index contributed by atoms with van der Waals surface area (Å²) in [6, 6.07) is 7.80. The summed E-state index contributed by atoms with van der Waals surface area (Å²) in [6.07, 6.45) is 0.0202. The minimum Gasteiger partial charge on any atom is -0.469 e. The lowest BCUT2D eigenvalue weighted by atomic mass is 10.1. The monoisotopic (exact) mass is 260 g/mol. The summed E-state index contributed by atoms with van der Waals surface area (Å²) in [5.74, 6) is -0.300. The molecule has 2 rings (SSSR count). The van der Waals surface area contributed by atoms with Crippen molar-refractivity contribution in [3.63, 3.8) is 0 Å². The molecule has 0 aliphatic rings. The number of methoxy groups -OCH3 is 1. The second-order valence-electron chi connectivity index (χ2n) is 4.07. The van der Waals surface area contributed by atoms with Crippen LogP contribution in [-0.2, 0) is 16.0 Å². The minimum atomic E-state index is -0.393. The standard InChI is InChI=1S/C14H13FN2O2/c1-9-7-12(10-3-5-11(15)6-4-10)17-13(16-9)8-14(18)19-2/h3-7H,8H2,1-2H3. The Morgan fingerprint density at radius 2 is 1.95 bits per heavy atom. The van der Waals surface area contributed by atoms with Crippen LogP contribution in [0.3, 0.4) is 0 Å². The third kappa shape index (κ3) is 3.34. The second-order valence-corrected chi connectivity index (χ2v) is 4.07. The zero-order valence-electron chi connectivity index (χ0n) is 10.7. The van der Waals surface area contributed by atoms with Crippen LogP contribution < -0.4 is 0 Å². The Morgan fingerprint density at radius 1 is 1.26 bits per heavy atom. The van der Waals surface area contributed by atoms with Crippen LogP contribution in [0, 0.1) is 12.7 Å². The van der Waals surface area contributed by atoms with Crippen LogP contribution in [0.25, 0.3) is 11.3 Å². The van der Waals surface area contributed by atoms with E-state index < -0.39 is 5.97 Å². The van der Waals surface area contributed by atoms with E-state index >= 15 is 0 Å². The molecule has 0 spiro atoms. The number of carbonyl (C=O) groups is 1. The molecule has 1 heterocycles. The molecule has 1 aromatic carbocycles. The number of aryl methyl sites for hydroxylation is 1. The molecule has 0 saturated heterocycles. The molecule has 19 heavy (non-hydrogen) atoms. The maximum Gasteiger partial charge on any atom is 0.313 e. The first-order chi connectivity index (χ1) is 9.08. The van der Waals surface area contributed by atoms with Gasteiger partial charge in [-0.1, -0.05) is 0 Å². The Kier molecular flexibility index (Phi) is 3.85. The molecule has 0 N–H and O–H groups in total. The predicted molar refractivity (Wildman–Crippen MR) is 67.9 cm³/mol. The van der Waals surface area contributed by atoms with E-state index in [1.165, 1.54) is 19.2 Å². The highest BCUT2D eigenvalue weighted by Gasteiger charge is 2.09. The number of rotatable bonds is 3. The fraction of sp³-hybridized carbons (Fsp3) is 0.214. The zero-order valence-corrected chi connectivity index (χ0v) is 10.7. The summed E-state index contributed by atoms with van der Waals surface area (Å²) in [5, 5.41) is 0. The number of esters is 1. The highest BCUT2D eigenvalue weighted by molar-refractivity contribution is 5.71. The predicted octanol–water partition coefficient (Wildman–Crippen LogP) is 2.31. The van der Waals surface area contributed by atoms with Gasteiger partial charge in [-0.15, -0.1) is 0 Å². The van der Waals surface area contributed by atoms with Crippen LogP contribution in [0.4, 0.5) is 4.39 Å². The van der Waals surface area contributed by atoms with Crippen LogP contribution >= 0.6 is 0 Å². The van der Waals surface area contributed by atoms with Crippen molar-refractivity contribution in [2.45, 2.75) is 13.3 Å². The highest BCUT2D eigenvalue weighted by atomic mass is 19.1. The summed E-state index contributed by atoms with van der Waals surface area (Å²) in [5.41, 5.74) is 2.18. The molecule has 0 aliphatic heterocycles. The van der Waals surface area contributed by atoms with E-state index in [1.807, 2.05) is 6.92 Å². The van der Waals surface area contributed by atoms with Gasteiger partial charge < -0.3 is 4.74 Å². The number of hydrogen-bond acceptors (Lipinski definition) is 4. The maximum atomic E-state index is 12.9. The molecule has 0 atom stereocenters. The minimum absolute atomic E-state index is 0.0202. The van der Waals surface area contributed by atoms with Crippen molar-refractivity contribution in [2.24, 2.45) is 0 Å². The van der Waals surface area contributed by atoms with Gasteiger partial charge in [0.1, 0.15) is 18.1 Å². The molecule has 0 fully saturated rings. The van der Waals surface area contributed by atoms with Crippen molar-refractivity contribution in [1.29, 1.82) is 0 Å². The number of nitrogens with zero attached hydrogens (tertiary/aromatic N) is 2. The van der Waals surface area contributed by atoms with Crippen LogP contribution in [0.2, 0.25) is 0 Å². The molecule has 2 aromatic rings. The summed E-state index contributed by atoms with van der Waals surface area (Å²) in [7, 11) is 1.32. The first-order valence-corrected chi connectivity index (χ1v) is 5.76. The van der Waals surface area contributed by atoms with Crippen molar-refractivity contribution < 1.29 is 13.9 Å². The largest absolute Gasteiger partial charge is 0.469 e. The summed E-state index contributed by atoms with van der Waals surface area (Å²) in [6.45, 7) is 1.81. The SMILES string of the molecule is COC(=O)Cc1nc(C)cc(-c2ccc(F)cc2)n1. The van der Waals surface area contributed by atoms with Gasteiger partial charge in [0.2, 0.25) is 0 Å². The van der Waals surface area contributed by atoms with Gasteiger partial charge in [-0.05, 0) is 37.3 Å². The van der Waals surface area contributed by atoms with Crippen LogP contribution in [0.5, 0.6) is 0 Å². The highest BCUT2D eigenvalue weighted by Crippen LogP contribution is 2.18. The number of hydrogen-bond donors (Lipinski definition) is 0. The molecule has 5 heteroatoms. The molecule has 98 valence electrons. The zero-order chi connectivity index (χ0) is 13.8. The smallest absolute Gasteiger partial charge is 0.313 e. The number of carbonyl (C=O) groups excluding carboxylic acids is 1. The lowest BCUT2D eigenvalue weighted by Crippen LogP contribution is -2.09. The molecule has 0 bridgehead atoms. The molecule has 0 unspecified atom stereocenters. The van der Waals surface area contributed by atoms with E-state index in [1.54, 1.807) is 18.2 Å².